The quantitative estimate of drug-likeness (QED) is 0.566. The Morgan fingerprint density at radius 3 is 2.80 bits per heavy atom. The van der Waals surface area contributed by atoms with Crippen LogP contribution in [0.5, 0.6) is 0 Å². The second-order valence-electron chi connectivity index (χ2n) is 2.42. The zero-order valence-electron chi connectivity index (χ0n) is 6.46. The first-order valence-corrected chi connectivity index (χ1v) is 3.62. The van der Waals surface area contributed by atoms with Gasteiger partial charge < -0.3 is 9.64 Å². The van der Waals surface area contributed by atoms with Crippen LogP contribution in [-0.4, -0.2) is 30.7 Å². The molecule has 1 saturated heterocycles. The third kappa shape index (κ3) is 1.14. The van der Waals surface area contributed by atoms with Gasteiger partial charge in [0.15, 0.2) is 0 Å². The minimum Gasteiger partial charge on any atom is -0.361 e. The van der Waals surface area contributed by atoms with Crippen molar-refractivity contribution in [2.75, 3.05) is 13.7 Å². The van der Waals surface area contributed by atoms with Gasteiger partial charge in [0.1, 0.15) is 6.23 Å². The average molecular weight is 143 g/mol. The average Bonchev–Trinajstić information content (AvgIpc) is 1.86. The van der Waals surface area contributed by atoms with Crippen molar-refractivity contribution < 1.29 is 9.53 Å². The van der Waals surface area contributed by atoms with Crippen molar-refractivity contribution in [3.63, 3.8) is 0 Å². The molecule has 1 heterocycles. The summed E-state index contributed by atoms with van der Waals surface area (Å²) < 4.78 is 5.03. The van der Waals surface area contributed by atoms with Crippen LogP contribution < -0.4 is 0 Å². The van der Waals surface area contributed by atoms with E-state index in [1.807, 2.05) is 6.92 Å². The van der Waals surface area contributed by atoms with Crippen LogP contribution in [0.15, 0.2) is 0 Å². The van der Waals surface area contributed by atoms with Crippen LogP contribution in [0.2, 0.25) is 0 Å². The van der Waals surface area contributed by atoms with Crippen molar-refractivity contribution >= 4 is 5.91 Å². The summed E-state index contributed by atoms with van der Waals surface area (Å²) in [5.41, 5.74) is 0. The number of likely N-dealkylation sites (tertiary alicyclic amines) is 1. The van der Waals surface area contributed by atoms with E-state index in [0.29, 0.717) is 6.42 Å². The van der Waals surface area contributed by atoms with Crippen molar-refractivity contribution in [1.82, 2.24) is 4.90 Å². The van der Waals surface area contributed by atoms with Gasteiger partial charge in [0.25, 0.3) is 0 Å². The Kier molecular flexibility index (Phi) is 2.27. The van der Waals surface area contributed by atoms with E-state index >= 15 is 0 Å². The minimum atomic E-state index is 0.0625. The number of amides is 1. The Labute approximate surface area is 61.0 Å². The molecule has 0 spiro atoms. The summed E-state index contributed by atoms with van der Waals surface area (Å²) in [6.07, 6.45) is 1.63. The molecule has 10 heavy (non-hydrogen) atoms. The zero-order valence-corrected chi connectivity index (χ0v) is 6.46. The molecule has 1 unspecified atom stereocenters. The zero-order chi connectivity index (χ0) is 7.56. The third-order valence-corrected chi connectivity index (χ3v) is 1.86. The molecular weight excluding hydrogens is 130 g/mol. The maximum Gasteiger partial charge on any atom is 0.224 e. The number of carbonyl (C=O) groups excluding carboxylic acids is 1. The minimum absolute atomic E-state index is 0.0625. The molecule has 1 amide bonds. The van der Waals surface area contributed by atoms with Crippen LogP contribution in [0.1, 0.15) is 19.8 Å². The largest absolute Gasteiger partial charge is 0.361 e. The molecule has 58 valence electrons. The van der Waals surface area contributed by atoms with Crippen molar-refractivity contribution in [2.45, 2.75) is 26.0 Å². The predicted octanol–water partition coefficient (Wildman–Crippen LogP) is 0.601. The van der Waals surface area contributed by atoms with Crippen LogP contribution >= 0.6 is 0 Å². The first-order chi connectivity index (χ1) is 4.79. The van der Waals surface area contributed by atoms with E-state index in [0.717, 1.165) is 13.0 Å². The fraction of sp³-hybridized carbons (Fsp3) is 0.857. The van der Waals surface area contributed by atoms with Crippen molar-refractivity contribution in [1.29, 1.82) is 0 Å². The molecule has 0 aromatic heterocycles. The van der Waals surface area contributed by atoms with Gasteiger partial charge in [0.2, 0.25) is 5.91 Å². The van der Waals surface area contributed by atoms with Crippen molar-refractivity contribution in [2.24, 2.45) is 0 Å². The van der Waals surface area contributed by atoms with Crippen LogP contribution in [-0.2, 0) is 9.53 Å². The van der Waals surface area contributed by atoms with Gasteiger partial charge in [-0.25, -0.2) is 0 Å². The summed E-state index contributed by atoms with van der Waals surface area (Å²) >= 11 is 0. The number of nitrogens with zero attached hydrogens (tertiary/aromatic N) is 1. The van der Waals surface area contributed by atoms with E-state index in [1.165, 1.54) is 0 Å². The first-order valence-electron chi connectivity index (χ1n) is 3.62. The molecule has 1 aliphatic heterocycles. The van der Waals surface area contributed by atoms with Gasteiger partial charge >= 0.3 is 0 Å². The Balaban J connectivity index is 2.35. The monoisotopic (exact) mass is 143 g/mol. The molecule has 3 heteroatoms. The summed E-state index contributed by atoms with van der Waals surface area (Å²) in [5.74, 6) is 0.193. The molecule has 0 N–H and O–H groups in total. The molecule has 1 fully saturated rings. The molecule has 0 aromatic carbocycles. The fourth-order valence-corrected chi connectivity index (χ4v) is 1.10. The van der Waals surface area contributed by atoms with Gasteiger partial charge in [-0.1, -0.05) is 6.92 Å². The van der Waals surface area contributed by atoms with Crippen molar-refractivity contribution in [3.8, 4) is 0 Å². The molecule has 3 nitrogen and oxygen atoms in total. The lowest BCUT2D eigenvalue weighted by molar-refractivity contribution is -0.159. The number of carbonyl (C=O) groups is 1. The van der Waals surface area contributed by atoms with Crippen LogP contribution in [0.4, 0.5) is 0 Å². The second-order valence-corrected chi connectivity index (χ2v) is 2.42. The number of hydrogen-bond acceptors (Lipinski definition) is 2. The lowest BCUT2D eigenvalue weighted by atomic mass is 10.1. The van der Waals surface area contributed by atoms with E-state index < -0.39 is 0 Å². The van der Waals surface area contributed by atoms with Crippen LogP contribution in [0, 0.1) is 0 Å². The maximum absolute atomic E-state index is 11.0. The number of hydrogen-bond donors (Lipinski definition) is 0. The molecule has 1 aliphatic rings. The predicted molar refractivity (Wildman–Crippen MR) is 37.4 cm³/mol. The highest BCUT2D eigenvalue weighted by Gasteiger charge is 2.30. The molecule has 1 atom stereocenters. The van der Waals surface area contributed by atoms with E-state index in [1.54, 1.807) is 12.0 Å². The highest BCUT2D eigenvalue weighted by Crippen LogP contribution is 2.18. The first kappa shape index (κ1) is 7.54. The van der Waals surface area contributed by atoms with E-state index in [-0.39, 0.29) is 12.1 Å². The third-order valence-electron chi connectivity index (χ3n) is 1.86. The molecule has 0 bridgehead atoms. The van der Waals surface area contributed by atoms with Gasteiger partial charge in [-0.2, -0.15) is 0 Å². The SMILES string of the molecule is CCC(=O)N1CCC1OC. The molecular formula is C7H13NO2. The molecule has 0 saturated carbocycles. The Morgan fingerprint density at radius 1 is 1.80 bits per heavy atom. The summed E-state index contributed by atoms with van der Waals surface area (Å²) in [7, 11) is 1.64. The van der Waals surface area contributed by atoms with Gasteiger partial charge in [0.05, 0.1) is 0 Å². The molecule has 0 aromatic rings. The molecule has 0 aliphatic carbocycles. The Hall–Kier alpha value is -0.570. The number of ether oxygens (including phenoxy) is 1. The second kappa shape index (κ2) is 3.01. The normalized spacial score (nSPS) is 24.2. The van der Waals surface area contributed by atoms with Gasteiger partial charge in [-0.3, -0.25) is 4.79 Å². The molecule has 0 radical (unpaired) electrons. The summed E-state index contributed by atoms with van der Waals surface area (Å²) in [5, 5.41) is 0. The molecule has 1 rings (SSSR count). The van der Waals surface area contributed by atoms with E-state index in [2.05, 4.69) is 0 Å². The van der Waals surface area contributed by atoms with Gasteiger partial charge in [-0.05, 0) is 0 Å². The van der Waals surface area contributed by atoms with Crippen LogP contribution in [0.25, 0.3) is 0 Å². The number of methoxy groups -OCH3 is 1. The number of rotatable bonds is 2. The van der Waals surface area contributed by atoms with Gasteiger partial charge in [-0.15, -0.1) is 0 Å². The summed E-state index contributed by atoms with van der Waals surface area (Å²) in [6.45, 7) is 2.73. The topological polar surface area (TPSA) is 29.5 Å². The van der Waals surface area contributed by atoms with E-state index in [4.69, 9.17) is 4.74 Å². The summed E-state index contributed by atoms with van der Waals surface area (Å²) in [4.78, 5) is 12.8. The Morgan fingerprint density at radius 2 is 2.50 bits per heavy atom. The lowest BCUT2D eigenvalue weighted by Crippen LogP contribution is -2.51. The highest BCUT2D eigenvalue weighted by molar-refractivity contribution is 5.76. The fourth-order valence-electron chi connectivity index (χ4n) is 1.10. The standard InChI is InChI=1S/C7H13NO2/c1-3-6(9)8-5-4-7(8)10-2/h7H,3-5H2,1-2H3. The van der Waals surface area contributed by atoms with Crippen LogP contribution in [0.3, 0.4) is 0 Å². The highest BCUT2D eigenvalue weighted by atomic mass is 16.5. The lowest BCUT2D eigenvalue weighted by Gasteiger charge is -2.39. The van der Waals surface area contributed by atoms with Crippen molar-refractivity contribution in [3.05, 3.63) is 0 Å². The van der Waals surface area contributed by atoms with E-state index in [9.17, 15) is 4.79 Å². The summed E-state index contributed by atoms with van der Waals surface area (Å²) in [6, 6.07) is 0. The Bertz CT molecular complexity index is 134. The van der Waals surface area contributed by atoms with Gasteiger partial charge in [0, 0.05) is 26.5 Å². The smallest absolute Gasteiger partial charge is 0.224 e. The maximum atomic E-state index is 11.0.